The second-order valence-electron chi connectivity index (χ2n) is 8.23. The summed E-state index contributed by atoms with van der Waals surface area (Å²) in [6.07, 6.45) is 11.3. The maximum atomic E-state index is 13.4. The van der Waals surface area contributed by atoms with Crippen molar-refractivity contribution in [2.24, 2.45) is 0 Å². The van der Waals surface area contributed by atoms with Crippen LogP contribution in [0.5, 0.6) is 0 Å². The number of imidazole rings is 1. The molecule has 0 bridgehead atoms. The number of nitrogens with zero attached hydrogens (tertiary/aromatic N) is 3. The molecule has 152 valence electrons. The molecule has 2 aromatic heterocycles. The summed E-state index contributed by atoms with van der Waals surface area (Å²) in [7, 11) is 0. The van der Waals surface area contributed by atoms with Crippen molar-refractivity contribution in [1.82, 2.24) is 15.0 Å². The lowest BCUT2D eigenvalue weighted by molar-refractivity contribution is -0.0395. The lowest BCUT2D eigenvalue weighted by Crippen LogP contribution is -2.39. The monoisotopic (exact) mass is 394 g/mol. The van der Waals surface area contributed by atoms with Crippen molar-refractivity contribution in [1.29, 1.82) is 0 Å². The van der Waals surface area contributed by atoms with Crippen LogP contribution in [-0.4, -0.2) is 40.2 Å². The molecule has 3 heterocycles. The number of aromatic nitrogens is 3. The van der Waals surface area contributed by atoms with Gasteiger partial charge in [0.15, 0.2) is 0 Å². The Morgan fingerprint density at radius 1 is 0.966 bits per heavy atom. The van der Waals surface area contributed by atoms with Crippen LogP contribution < -0.4 is 4.90 Å². The summed E-state index contributed by atoms with van der Waals surface area (Å²) in [6.45, 7) is 1.96. The number of fused-ring (bicyclic) bond motifs is 1. The number of piperidine rings is 1. The molecule has 1 aromatic carbocycles. The second-order valence-corrected chi connectivity index (χ2v) is 8.23. The van der Waals surface area contributed by atoms with Crippen molar-refractivity contribution in [3.63, 3.8) is 0 Å². The van der Waals surface area contributed by atoms with Gasteiger partial charge < -0.3 is 14.6 Å². The molecule has 2 fully saturated rings. The lowest BCUT2D eigenvalue weighted by atomic mass is 9.97. The number of pyridine rings is 1. The van der Waals surface area contributed by atoms with Gasteiger partial charge in [0.1, 0.15) is 17.5 Å². The number of halogens is 1. The topological polar surface area (TPSA) is 54.0 Å². The SMILES string of the molecule is Fc1ccc2nc(-c3ccc(N4CCC(OC5CCCCC5)CC4)nc3)[nH]c2c1. The number of nitrogens with one attached hydrogen (secondary N) is 1. The highest BCUT2D eigenvalue weighted by molar-refractivity contribution is 5.79. The van der Waals surface area contributed by atoms with Gasteiger partial charge in [-0.05, 0) is 56.0 Å². The molecule has 3 aromatic rings. The molecule has 1 saturated heterocycles. The summed E-state index contributed by atoms with van der Waals surface area (Å²) < 4.78 is 19.7. The standard InChI is InChI=1S/C23H27FN4O/c24-17-7-8-20-21(14-17)27-23(26-20)16-6-9-22(25-15-16)28-12-10-19(11-13-28)29-18-4-2-1-3-5-18/h6-9,14-15,18-19H,1-5,10-13H2,(H,26,27). The van der Waals surface area contributed by atoms with E-state index in [0.29, 0.717) is 23.5 Å². The van der Waals surface area contributed by atoms with Crippen LogP contribution in [0.3, 0.4) is 0 Å². The minimum Gasteiger partial charge on any atom is -0.375 e. The highest BCUT2D eigenvalue weighted by atomic mass is 19.1. The molecule has 0 atom stereocenters. The zero-order chi connectivity index (χ0) is 19.6. The van der Waals surface area contributed by atoms with Gasteiger partial charge in [-0.2, -0.15) is 0 Å². The van der Waals surface area contributed by atoms with E-state index in [0.717, 1.165) is 42.8 Å². The van der Waals surface area contributed by atoms with E-state index in [-0.39, 0.29) is 5.82 Å². The summed E-state index contributed by atoms with van der Waals surface area (Å²) in [4.78, 5) is 14.7. The Morgan fingerprint density at radius 2 is 1.76 bits per heavy atom. The van der Waals surface area contributed by atoms with E-state index in [4.69, 9.17) is 4.74 Å². The van der Waals surface area contributed by atoms with E-state index < -0.39 is 0 Å². The molecule has 0 spiro atoms. The van der Waals surface area contributed by atoms with E-state index in [9.17, 15) is 4.39 Å². The number of aromatic amines is 1. The van der Waals surface area contributed by atoms with Gasteiger partial charge in [0, 0.05) is 24.8 Å². The predicted molar refractivity (Wildman–Crippen MR) is 112 cm³/mol. The highest BCUT2D eigenvalue weighted by Gasteiger charge is 2.24. The molecule has 2 aliphatic rings. The van der Waals surface area contributed by atoms with Gasteiger partial charge >= 0.3 is 0 Å². The summed E-state index contributed by atoms with van der Waals surface area (Å²) in [6, 6.07) is 8.65. The molecule has 0 radical (unpaired) electrons. The Hall–Kier alpha value is -2.47. The fraction of sp³-hybridized carbons (Fsp3) is 0.478. The molecule has 1 N–H and O–H groups in total. The molecule has 5 nitrogen and oxygen atoms in total. The fourth-order valence-corrected chi connectivity index (χ4v) is 4.53. The van der Waals surface area contributed by atoms with Crippen LogP contribution in [0, 0.1) is 5.82 Å². The number of ether oxygens (including phenoxy) is 1. The Balaban J connectivity index is 1.21. The summed E-state index contributed by atoms with van der Waals surface area (Å²) >= 11 is 0. The Kier molecular flexibility index (Phi) is 5.19. The van der Waals surface area contributed by atoms with Gasteiger partial charge in [0.05, 0.1) is 23.2 Å². The van der Waals surface area contributed by atoms with Crippen molar-refractivity contribution in [3.05, 3.63) is 42.3 Å². The van der Waals surface area contributed by atoms with E-state index >= 15 is 0 Å². The third-order valence-electron chi connectivity index (χ3n) is 6.17. The van der Waals surface area contributed by atoms with Crippen LogP contribution in [0.4, 0.5) is 10.2 Å². The van der Waals surface area contributed by atoms with Gasteiger partial charge in [-0.15, -0.1) is 0 Å². The molecule has 1 aliphatic heterocycles. The Morgan fingerprint density at radius 3 is 2.52 bits per heavy atom. The first kappa shape index (κ1) is 18.6. The van der Waals surface area contributed by atoms with Gasteiger partial charge in [-0.1, -0.05) is 19.3 Å². The summed E-state index contributed by atoms with van der Waals surface area (Å²) in [5.41, 5.74) is 2.36. The first-order valence-electron chi connectivity index (χ1n) is 10.8. The third-order valence-corrected chi connectivity index (χ3v) is 6.17. The van der Waals surface area contributed by atoms with Crippen LogP contribution in [-0.2, 0) is 4.74 Å². The zero-order valence-electron chi connectivity index (χ0n) is 16.6. The van der Waals surface area contributed by atoms with Crippen molar-refractivity contribution >= 4 is 16.9 Å². The third kappa shape index (κ3) is 4.13. The van der Waals surface area contributed by atoms with Crippen molar-refractivity contribution in [3.8, 4) is 11.4 Å². The number of H-pyrrole nitrogens is 1. The summed E-state index contributed by atoms with van der Waals surface area (Å²) in [5, 5.41) is 0. The molecular formula is C23H27FN4O. The zero-order valence-corrected chi connectivity index (χ0v) is 16.6. The van der Waals surface area contributed by atoms with Gasteiger partial charge in [-0.3, -0.25) is 0 Å². The van der Waals surface area contributed by atoms with Crippen LogP contribution in [0.1, 0.15) is 44.9 Å². The first-order valence-corrected chi connectivity index (χ1v) is 10.8. The molecular weight excluding hydrogens is 367 g/mol. The largest absolute Gasteiger partial charge is 0.375 e. The molecule has 1 aliphatic carbocycles. The quantitative estimate of drug-likeness (QED) is 0.670. The second kappa shape index (κ2) is 8.11. The van der Waals surface area contributed by atoms with Gasteiger partial charge in [0.2, 0.25) is 0 Å². The molecule has 1 saturated carbocycles. The first-order chi connectivity index (χ1) is 14.2. The molecule has 0 amide bonds. The van der Waals surface area contributed by atoms with Gasteiger partial charge in [0.25, 0.3) is 0 Å². The number of anilines is 1. The number of hydrogen-bond donors (Lipinski definition) is 1. The normalized spacial score (nSPS) is 19.1. The van der Waals surface area contributed by atoms with Crippen molar-refractivity contribution < 1.29 is 9.13 Å². The molecule has 5 rings (SSSR count). The van der Waals surface area contributed by atoms with E-state index in [1.165, 1.54) is 44.2 Å². The van der Waals surface area contributed by atoms with Crippen LogP contribution in [0.2, 0.25) is 0 Å². The fourth-order valence-electron chi connectivity index (χ4n) is 4.53. The highest BCUT2D eigenvalue weighted by Crippen LogP contribution is 2.27. The molecule has 29 heavy (non-hydrogen) atoms. The van der Waals surface area contributed by atoms with Crippen LogP contribution in [0.25, 0.3) is 22.4 Å². The summed E-state index contributed by atoms with van der Waals surface area (Å²) in [5.74, 6) is 1.44. The van der Waals surface area contributed by atoms with E-state index in [1.807, 2.05) is 18.3 Å². The average molecular weight is 394 g/mol. The number of benzene rings is 1. The minimum atomic E-state index is -0.267. The Bertz CT molecular complexity index is 957. The van der Waals surface area contributed by atoms with Crippen LogP contribution in [0.15, 0.2) is 36.5 Å². The maximum Gasteiger partial charge on any atom is 0.140 e. The molecule has 0 unspecified atom stereocenters. The average Bonchev–Trinajstić information content (AvgIpc) is 3.18. The van der Waals surface area contributed by atoms with Gasteiger partial charge in [-0.25, -0.2) is 14.4 Å². The van der Waals surface area contributed by atoms with Crippen molar-refractivity contribution in [2.75, 3.05) is 18.0 Å². The maximum absolute atomic E-state index is 13.4. The van der Waals surface area contributed by atoms with E-state index in [1.54, 1.807) is 6.07 Å². The number of hydrogen-bond acceptors (Lipinski definition) is 4. The smallest absolute Gasteiger partial charge is 0.140 e. The predicted octanol–water partition coefficient (Wildman–Crippen LogP) is 5.08. The molecule has 6 heteroatoms. The Labute approximate surface area is 170 Å². The minimum absolute atomic E-state index is 0.267. The lowest BCUT2D eigenvalue weighted by Gasteiger charge is -2.35. The van der Waals surface area contributed by atoms with Crippen LogP contribution >= 0.6 is 0 Å². The van der Waals surface area contributed by atoms with Crippen molar-refractivity contribution in [2.45, 2.75) is 57.2 Å². The number of rotatable bonds is 4. The van der Waals surface area contributed by atoms with E-state index in [2.05, 4.69) is 19.9 Å².